The van der Waals surface area contributed by atoms with Crippen LogP contribution in [0.15, 0.2) is 54.7 Å². The van der Waals surface area contributed by atoms with Crippen molar-refractivity contribution in [3.8, 4) is 5.75 Å². The molecule has 4 amide bonds. The van der Waals surface area contributed by atoms with Gasteiger partial charge in [0.15, 0.2) is 0 Å². The average Bonchev–Trinajstić information content (AvgIpc) is 3.31. The lowest BCUT2D eigenvalue weighted by atomic mass is 10.1. The molecule has 166 valence electrons. The molecule has 8 nitrogen and oxygen atoms in total. The lowest BCUT2D eigenvalue weighted by Crippen LogP contribution is -2.33. The number of nitrogens with zero attached hydrogens (tertiary/aromatic N) is 2. The van der Waals surface area contributed by atoms with Gasteiger partial charge in [-0.1, -0.05) is 18.2 Å². The third kappa shape index (κ3) is 4.44. The largest absolute Gasteiger partial charge is 0.497 e. The van der Waals surface area contributed by atoms with Crippen molar-refractivity contribution in [2.24, 2.45) is 7.05 Å². The summed E-state index contributed by atoms with van der Waals surface area (Å²) in [6.45, 7) is 0.287. The van der Waals surface area contributed by atoms with Gasteiger partial charge in [0.05, 0.1) is 12.8 Å². The van der Waals surface area contributed by atoms with Crippen LogP contribution >= 0.6 is 0 Å². The molecular formula is C24H26N4O4. The molecule has 0 saturated carbocycles. The maximum atomic E-state index is 12.7. The summed E-state index contributed by atoms with van der Waals surface area (Å²) in [5.41, 5.74) is 2.76. The number of aromatic nitrogens is 1. The molecule has 0 bridgehead atoms. The van der Waals surface area contributed by atoms with E-state index in [-0.39, 0.29) is 31.2 Å². The number of hydrogen-bond acceptors (Lipinski definition) is 4. The Kier molecular flexibility index (Phi) is 6.11. The van der Waals surface area contributed by atoms with Crippen LogP contribution in [-0.2, 0) is 23.1 Å². The van der Waals surface area contributed by atoms with Crippen molar-refractivity contribution < 1.29 is 19.1 Å². The SMILES string of the molecule is COc1ccc(CCN2C(=O)NC(CCC(=O)Nc3cccc4c3ccn4C)C2=O)cc1. The zero-order valence-electron chi connectivity index (χ0n) is 18.1. The fourth-order valence-corrected chi connectivity index (χ4v) is 3.92. The topological polar surface area (TPSA) is 92.7 Å². The van der Waals surface area contributed by atoms with Gasteiger partial charge in [-0.15, -0.1) is 0 Å². The number of nitrogens with one attached hydrogen (secondary N) is 2. The van der Waals surface area contributed by atoms with E-state index in [0.29, 0.717) is 6.42 Å². The number of methoxy groups -OCH3 is 1. The first-order chi connectivity index (χ1) is 15.5. The Labute approximate surface area is 186 Å². The second-order valence-corrected chi connectivity index (χ2v) is 7.84. The Balaban J connectivity index is 1.30. The van der Waals surface area contributed by atoms with Gasteiger partial charge < -0.3 is 19.9 Å². The number of hydrogen-bond donors (Lipinski definition) is 2. The molecule has 2 heterocycles. The van der Waals surface area contributed by atoms with Crippen molar-refractivity contribution in [2.45, 2.75) is 25.3 Å². The van der Waals surface area contributed by atoms with Gasteiger partial charge in [0.2, 0.25) is 5.91 Å². The Morgan fingerprint density at radius 2 is 1.91 bits per heavy atom. The molecule has 2 aromatic carbocycles. The predicted molar refractivity (Wildman–Crippen MR) is 122 cm³/mol. The molecule has 1 atom stereocenters. The van der Waals surface area contributed by atoms with Gasteiger partial charge in [0, 0.05) is 37.1 Å². The number of carbonyl (C=O) groups is 3. The van der Waals surface area contributed by atoms with Crippen LogP contribution in [0.2, 0.25) is 0 Å². The highest BCUT2D eigenvalue weighted by atomic mass is 16.5. The number of rotatable bonds is 8. The van der Waals surface area contributed by atoms with Crippen LogP contribution in [0.4, 0.5) is 10.5 Å². The van der Waals surface area contributed by atoms with Gasteiger partial charge in [0.25, 0.3) is 5.91 Å². The van der Waals surface area contributed by atoms with Crippen LogP contribution in [0, 0.1) is 0 Å². The van der Waals surface area contributed by atoms with Crippen LogP contribution in [0.3, 0.4) is 0 Å². The van der Waals surface area contributed by atoms with Crippen molar-refractivity contribution in [2.75, 3.05) is 19.0 Å². The van der Waals surface area contributed by atoms with E-state index in [1.54, 1.807) is 7.11 Å². The monoisotopic (exact) mass is 434 g/mol. The normalized spacial score (nSPS) is 15.8. The predicted octanol–water partition coefficient (Wildman–Crippen LogP) is 3.07. The first kappa shape index (κ1) is 21.4. The third-order valence-corrected chi connectivity index (χ3v) is 5.75. The summed E-state index contributed by atoms with van der Waals surface area (Å²) < 4.78 is 7.12. The number of carbonyl (C=O) groups excluding carboxylic acids is 3. The van der Waals surface area contributed by atoms with E-state index >= 15 is 0 Å². The van der Waals surface area contributed by atoms with Gasteiger partial charge >= 0.3 is 6.03 Å². The average molecular weight is 434 g/mol. The first-order valence-electron chi connectivity index (χ1n) is 10.5. The third-order valence-electron chi connectivity index (χ3n) is 5.75. The van der Waals surface area contributed by atoms with Gasteiger partial charge in [0.1, 0.15) is 11.8 Å². The van der Waals surface area contributed by atoms with Crippen molar-refractivity contribution in [3.05, 3.63) is 60.3 Å². The number of ether oxygens (including phenoxy) is 1. The van der Waals surface area contributed by atoms with Gasteiger partial charge in [-0.2, -0.15) is 0 Å². The summed E-state index contributed by atoms with van der Waals surface area (Å²) in [5.74, 6) is 0.271. The number of imide groups is 1. The molecule has 4 rings (SSSR count). The van der Waals surface area contributed by atoms with Crippen molar-refractivity contribution >= 4 is 34.4 Å². The molecule has 1 fully saturated rings. The van der Waals surface area contributed by atoms with Crippen LogP contribution in [-0.4, -0.2) is 47.0 Å². The molecule has 1 aliphatic rings. The fraction of sp³-hybridized carbons (Fsp3) is 0.292. The van der Waals surface area contributed by atoms with E-state index < -0.39 is 12.1 Å². The van der Waals surface area contributed by atoms with Gasteiger partial charge in [-0.25, -0.2) is 4.79 Å². The first-order valence-corrected chi connectivity index (χ1v) is 10.5. The number of benzene rings is 2. The molecule has 8 heteroatoms. The summed E-state index contributed by atoms with van der Waals surface area (Å²) in [6.07, 6.45) is 2.87. The second-order valence-electron chi connectivity index (χ2n) is 7.84. The van der Waals surface area contributed by atoms with Crippen LogP contribution in [0.25, 0.3) is 10.9 Å². The molecule has 0 spiro atoms. The molecule has 1 aliphatic heterocycles. The highest BCUT2D eigenvalue weighted by Crippen LogP contribution is 2.24. The van der Waals surface area contributed by atoms with Crippen molar-refractivity contribution in [3.63, 3.8) is 0 Å². The Morgan fingerprint density at radius 1 is 1.12 bits per heavy atom. The Hall–Kier alpha value is -3.81. The molecule has 0 aliphatic carbocycles. The Bertz CT molecular complexity index is 1150. The molecule has 0 radical (unpaired) electrons. The molecular weight excluding hydrogens is 408 g/mol. The number of fused-ring (bicyclic) bond motifs is 1. The number of amides is 4. The molecule has 3 aromatic rings. The molecule has 1 aromatic heterocycles. The van der Waals surface area contributed by atoms with E-state index in [4.69, 9.17) is 4.74 Å². The van der Waals surface area contributed by atoms with Crippen molar-refractivity contribution in [1.29, 1.82) is 0 Å². The molecule has 1 unspecified atom stereocenters. The summed E-state index contributed by atoms with van der Waals surface area (Å²) in [7, 11) is 3.55. The summed E-state index contributed by atoms with van der Waals surface area (Å²) in [6, 6.07) is 14.1. The number of urea groups is 1. The highest BCUT2D eigenvalue weighted by molar-refractivity contribution is 6.05. The lowest BCUT2D eigenvalue weighted by Gasteiger charge is -2.13. The van der Waals surface area contributed by atoms with Crippen LogP contribution in [0.5, 0.6) is 5.75 Å². The van der Waals surface area contributed by atoms with Gasteiger partial charge in [-0.3, -0.25) is 14.5 Å². The minimum atomic E-state index is -0.684. The fourth-order valence-electron chi connectivity index (χ4n) is 3.92. The zero-order valence-corrected chi connectivity index (χ0v) is 18.1. The smallest absolute Gasteiger partial charge is 0.324 e. The summed E-state index contributed by atoms with van der Waals surface area (Å²) >= 11 is 0. The quantitative estimate of drug-likeness (QED) is 0.533. The molecule has 1 saturated heterocycles. The number of anilines is 1. The van der Waals surface area contributed by atoms with Crippen molar-refractivity contribution in [1.82, 2.24) is 14.8 Å². The van der Waals surface area contributed by atoms with E-state index in [1.807, 2.05) is 66.3 Å². The lowest BCUT2D eigenvalue weighted by molar-refractivity contribution is -0.127. The summed E-state index contributed by atoms with van der Waals surface area (Å²) in [5, 5.41) is 6.57. The maximum Gasteiger partial charge on any atom is 0.324 e. The molecule has 2 N–H and O–H groups in total. The minimum Gasteiger partial charge on any atom is -0.497 e. The van der Waals surface area contributed by atoms with Crippen LogP contribution < -0.4 is 15.4 Å². The summed E-state index contributed by atoms with van der Waals surface area (Å²) in [4.78, 5) is 38.7. The standard InChI is InChI=1S/C24H26N4O4/c1-27-14-13-18-19(4-3-5-21(18)27)25-22(29)11-10-20-23(30)28(24(31)26-20)15-12-16-6-8-17(32-2)9-7-16/h3-9,13-14,20H,10-12,15H2,1-2H3,(H,25,29)(H,26,31). The van der Waals surface area contributed by atoms with E-state index in [2.05, 4.69) is 10.6 Å². The van der Waals surface area contributed by atoms with Gasteiger partial charge in [-0.05, 0) is 48.7 Å². The maximum absolute atomic E-state index is 12.7. The minimum absolute atomic E-state index is 0.131. The Morgan fingerprint density at radius 3 is 2.66 bits per heavy atom. The molecule has 32 heavy (non-hydrogen) atoms. The number of aryl methyl sites for hydroxylation is 1. The second kappa shape index (κ2) is 9.13. The van der Waals surface area contributed by atoms with E-state index in [9.17, 15) is 14.4 Å². The zero-order chi connectivity index (χ0) is 22.7. The van der Waals surface area contributed by atoms with Crippen LogP contribution in [0.1, 0.15) is 18.4 Å². The van der Waals surface area contributed by atoms with E-state index in [0.717, 1.165) is 27.9 Å². The van der Waals surface area contributed by atoms with E-state index in [1.165, 1.54) is 4.90 Å². The highest BCUT2D eigenvalue weighted by Gasteiger charge is 2.37.